The molecule has 1 aromatic rings. The highest BCUT2D eigenvalue weighted by molar-refractivity contribution is 5.72. The molecule has 5 nitrogen and oxygen atoms in total. The molecule has 0 unspecified atom stereocenters. The second-order valence-corrected chi connectivity index (χ2v) is 3.10. The van der Waals surface area contributed by atoms with Crippen molar-refractivity contribution in [1.82, 2.24) is 9.78 Å². The third-order valence-electron chi connectivity index (χ3n) is 1.70. The maximum atomic E-state index is 11.9. The molecule has 0 aliphatic heterocycles. The van der Waals surface area contributed by atoms with Gasteiger partial charge in [0.15, 0.2) is 0 Å². The van der Waals surface area contributed by atoms with E-state index in [0.717, 1.165) is 4.68 Å². The van der Waals surface area contributed by atoms with Gasteiger partial charge in [-0.05, 0) is 0 Å². The number of hydrogen-bond donors (Lipinski definition) is 2. The van der Waals surface area contributed by atoms with Gasteiger partial charge >= 0.3 is 12.1 Å². The Kier molecular flexibility index (Phi) is 3.75. The van der Waals surface area contributed by atoms with Crippen LogP contribution in [0.5, 0.6) is 0 Å². The molecule has 0 spiro atoms. The second-order valence-electron chi connectivity index (χ2n) is 3.10. The van der Waals surface area contributed by atoms with Gasteiger partial charge < -0.3 is 10.4 Å². The summed E-state index contributed by atoms with van der Waals surface area (Å²) in [6, 6.07) is 0. The van der Waals surface area contributed by atoms with E-state index in [2.05, 4.69) is 10.4 Å². The van der Waals surface area contributed by atoms with Crippen LogP contribution in [-0.2, 0) is 11.3 Å². The van der Waals surface area contributed by atoms with Crippen molar-refractivity contribution < 1.29 is 23.1 Å². The fraction of sp³-hybridized carbons (Fsp3) is 0.500. The Morgan fingerprint density at radius 2 is 2.25 bits per heavy atom. The predicted octanol–water partition coefficient (Wildman–Crippen LogP) is 1.33. The van der Waals surface area contributed by atoms with Crippen LogP contribution in [0.3, 0.4) is 0 Å². The SMILES string of the molecule is O=C(O)CNc1cnn(CCC(F)(F)F)c1. The van der Waals surface area contributed by atoms with E-state index in [9.17, 15) is 18.0 Å². The van der Waals surface area contributed by atoms with Crippen molar-refractivity contribution in [2.75, 3.05) is 11.9 Å². The lowest BCUT2D eigenvalue weighted by Crippen LogP contribution is -2.13. The Morgan fingerprint density at radius 3 is 2.81 bits per heavy atom. The van der Waals surface area contributed by atoms with Crippen LogP contribution in [0.1, 0.15) is 6.42 Å². The molecule has 0 saturated carbocycles. The molecule has 1 rings (SSSR count). The van der Waals surface area contributed by atoms with Gasteiger partial charge in [0.25, 0.3) is 0 Å². The van der Waals surface area contributed by atoms with Crippen LogP contribution in [0, 0.1) is 0 Å². The standard InChI is InChI=1S/C8H10F3N3O2/c9-8(10,11)1-2-14-5-6(3-13-14)12-4-7(15)16/h3,5,12H,1-2,4H2,(H,15,16). The molecule has 90 valence electrons. The summed E-state index contributed by atoms with van der Waals surface area (Å²) in [6.45, 7) is -0.580. The Hall–Kier alpha value is -1.73. The maximum absolute atomic E-state index is 11.9. The minimum absolute atomic E-state index is 0.280. The molecule has 0 fully saturated rings. The molecule has 0 aliphatic rings. The van der Waals surface area contributed by atoms with Crippen molar-refractivity contribution in [1.29, 1.82) is 0 Å². The van der Waals surface area contributed by atoms with Crippen molar-refractivity contribution in [2.24, 2.45) is 0 Å². The first-order valence-corrected chi connectivity index (χ1v) is 4.42. The number of aliphatic carboxylic acids is 1. The lowest BCUT2D eigenvalue weighted by molar-refractivity contribution is -0.137. The number of carboxylic acids is 1. The summed E-state index contributed by atoms with van der Waals surface area (Å²) in [5, 5.41) is 14.5. The highest BCUT2D eigenvalue weighted by Crippen LogP contribution is 2.20. The van der Waals surface area contributed by atoms with Crippen LogP contribution in [0.4, 0.5) is 18.9 Å². The van der Waals surface area contributed by atoms with Gasteiger partial charge in [-0.15, -0.1) is 0 Å². The van der Waals surface area contributed by atoms with Crippen LogP contribution < -0.4 is 5.32 Å². The van der Waals surface area contributed by atoms with Gasteiger partial charge in [0.05, 0.1) is 18.3 Å². The lowest BCUT2D eigenvalue weighted by atomic mass is 10.4. The topological polar surface area (TPSA) is 67.2 Å². The first kappa shape index (κ1) is 12.3. The number of carbonyl (C=O) groups is 1. The lowest BCUT2D eigenvalue weighted by Gasteiger charge is -2.05. The zero-order valence-corrected chi connectivity index (χ0v) is 8.16. The van der Waals surface area contributed by atoms with Crippen LogP contribution in [-0.4, -0.2) is 33.6 Å². The molecule has 0 amide bonds. The summed E-state index contributed by atoms with van der Waals surface area (Å²) >= 11 is 0. The normalized spacial score (nSPS) is 11.4. The summed E-state index contributed by atoms with van der Waals surface area (Å²) in [7, 11) is 0. The third kappa shape index (κ3) is 4.67. The van der Waals surface area contributed by atoms with Gasteiger partial charge in [-0.3, -0.25) is 9.48 Å². The van der Waals surface area contributed by atoms with Gasteiger partial charge in [-0.25, -0.2) is 0 Å². The molecule has 0 bridgehead atoms. The average molecular weight is 237 g/mol. The fourth-order valence-corrected chi connectivity index (χ4v) is 0.996. The van der Waals surface area contributed by atoms with Gasteiger partial charge in [0.2, 0.25) is 0 Å². The molecule has 0 aromatic carbocycles. The number of halogens is 3. The minimum atomic E-state index is -4.22. The highest BCUT2D eigenvalue weighted by atomic mass is 19.4. The Balaban J connectivity index is 2.42. The van der Waals surface area contributed by atoms with E-state index >= 15 is 0 Å². The van der Waals surface area contributed by atoms with E-state index in [1.807, 2.05) is 0 Å². The molecule has 0 atom stereocenters. The molecule has 1 heterocycles. The van der Waals surface area contributed by atoms with Crippen LogP contribution >= 0.6 is 0 Å². The average Bonchev–Trinajstić information content (AvgIpc) is 2.58. The monoisotopic (exact) mass is 237 g/mol. The quantitative estimate of drug-likeness (QED) is 0.810. The number of hydrogen-bond acceptors (Lipinski definition) is 3. The second kappa shape index (κ2) is 4.86. The summed E-state index contributed by atoms with van der Waals surface area (Å²) in [6.07, 6.45) is -2.58. The number of nitrogens with zero attached hydrogens (tertiary/aromatic N) is 2. The van der Waals surface area contributed by atoms with Crippen LogP contribution in [0.25, 0.3) is 0 Å². The van der Waals surface area contributed by atoms with E-state index in [1.54, 1.807) is 0 Å². The summed E-state index contributed by atoms with van der Waals surface area (Å²) in [5.41, 5.74) is 0.379. The number of anilines is 1. The first-order valence-electron chi connectivity index (χ1n) is 4.42. The molecule has 8 heteroatoms. The number of alkyl halides is 3. The zero-order chi connectivity index (χ0) is 12.2. The summed E-state index contributed by atoms with van der Waals surface area (Å²) in [5.74, 6) is -1.05. The van der Waals surface area contributed by atoms with E-state index < -0.39 is 18.6 Å². The number of aryl methyl sites for hydroxylation is 1. The largest absolute Gasteiger partial charge is 0.480 e. The minimum Gasteiger partial charge on any atom is -0.480 e. The predicted molar refractivity (Wildman–Crippen MR) is 49.0 cm³/mol. The Bertz CT molecular complexity index is 362. The van der Waals surface area contributed by atoms with Crippen molar-refractivity contribution in [2.45, 2.75) is 19.1 Å². The summed E-state index contributed by atoms with van der Waals surface area (Å²) < 4.78 is 36.7. The number of nitrogens with one attached hydrogen (secondary N) is 1. The molecule has 2 N–H and O–H groups in total. The smallest absolute Gasteiger partial charge is 0.390 e. The van der Waals surface area contributed by atoms with Crippen LogP contribution in [0.15, 0.2) is 12.4 Å². The molecule has 0 aliphatic carbocycles. The fourth-order valence-electron chi connectivity index (χ4n) is 0.996. The van der Waals surface area contributed by atoms with Gasteiger partial charge in [0.1, 0.15) is 6.54 Å². The van der Waals surface area contributed by atoms with E-state index in [0.29, 0.717) is 5.69 Å². The molecular weight excluding hydrogens is 227 g/mol. The molecule has 1 aromatic heterocycles. The molecule has 0 radical (unpaired) electrons. The van der Waals surface area contributed by atoms with Gasteiger partial charge in [-0.2, -0.15) is 18.3 Å². The number of carboxylic acid groups (broad SMARTS) is 1. The first-order chi connectivity index (χ1) is 7.37. The van der Waals surface area contributed by atoms with Gasteiger partial charge in [-0.1, -0.05) is 0 Å². The maximum Gasteiger partial charge on any atom is 0.390 e. The van der Waals surface area contributed by atoms with Crippen molar-refractivity contribution >= 4 is 11.7 Å². The van der Waals surface area contributed by atoms with E-state index in [1.165, 1.54) is 12.4 Å². The van der Waals surface area contributed by atoms with Crippen LogP contribution in [0.2, 0.25) is 0 Å². The molecule has 0 saturated heterocycles. The molecular formula is C8H10F3N3O2. The number of rotatable bonds is 5. The summed E-state index contributed by atoms with van der Waals surface area (Å²) in [4.78, 5) is 10.2. The number of aromatic nitrogens is 2. The van der Waals surface area contributed by atoms with Crippen molar-refractivity contribution in [3.63, 3.8) is 0 Å². The Labute approximate surface area is 88.9 Å². The van der Waals surface area contributed by atoms with Crippen molar-refractivity contribution in [3.8, 4) is 0 Å². The highest BCUT2D eigenvalue weighted by Gasteiger charge is 2.26. The molecule has 16 heavy (non-hydrogen) atoms. The van der Waals surface area contributed by atoms with E-state index in [4.69, 9.17) is 5.11 Å². The van der Waals surface area contributed by atoms with Crippen molar-refractivity contribution in [3.05, 3.63) is 12.4 Å². The third-order valence-corrected chi connectivity index (χ3v) is 1.70. The van der Waals surface area contributed by atoms with Gasteiger partial charge in [0, 0.05) is 12.7 Å². The zero-order valence-electron chi connectivity index (χ0n) is 8.16. The van der Waals surface area contributed by atoms with E-state index in [-0.39, 0.29) is 13.1 Å². The Morgan fingerprint density at radius 1 is 1.56 bits per heavy atom.